The highest BCUT2D eigenvalue weighted by Gasteiger charge is 2.45. The zero-order chi connectivity index (χ0) is 17.4. The summed E-state index contributed by atoms with van der Waals surface area (Å²) in [5, 5.41) is 39.4. The molecule has 1 aliphatic heterocycles. The van der Waals surface area contributed by atoms with Crippen molar-refractivity contribution in [2.75, 3.05) is 6.61 Å². The number of aliphatic hydroxyl groups is 4. The van der Waals surface area contributed by atoms with Crippen molar-refractivity contribution in [1.82, 2.24) is 0 Å². The van der Waals surface area contributed by atoms with Crippen LogP contribution >= 0.6 is 0 Å². The topological polar surface area (TPSA) is 130 Å². The normalized spacial score (nSPS) is 30.5. The first-order chi connectivity index (χ1) is 11.4. The van der Waals surface area contributed by atoms with E-state index < -0.39 is 42.9 Å². The Balaban J connectivity index is 2.03. The third kappa shape index (κ3) is 2.90. The van der Waals surface area contributed by atoms with E-state index in [1.807, 2.05) is 0 Å². The average Bonchev–Trinajstić information content (AvgIpc) is 2.54. The summed E-state index contributed by atoms with van der Waals surface area (Å²) < 4.78 is 15.9. The van der Waals surface area contributed by atoms with Gasteiger partial charge in [0.15, 0.2) is 12.4 Å². The molecular weight excluding hydrogens is 320 g/mol. The van der Waals surface area contributed by atoms with Crippen molar-refractivity contribution < 1.29 is 34.3 Å². The van der Waals surface area contributed by atoms with Gasteiger partial charge in [-0.3, -0.25) is 0 Å². The van der Waals surface area contributed by atoms with E-state index in [9.17, 15) is 25.2 Å². The molecule has 5 atom stereocenters. The Bertz CT molecular complexity index is 783. The summed E-state index contributed by atoms with van der Waals surface area (Å²) >= 11 is 0. The lowest BCUT2D eigenvalue weighted by Gasteiger charge is -2.40. The first kappa shape index (κ1) is 16.9. The van der Waals surface area contributed by atoms with E-state index in [4.69, 9.17) is 13.9 Å². The van der Waals surface area contributed by atoms with E-state index in [0.717, 1.165) is 11.6 Å². The standard InChI is InChI=1S/C16H18O8/c1-7-3-2-4-8-12(7)9(5-11(18)22-8)23-15-10(6-17)24-16(21)14(20)13(15)19/h2-5,10,13-17,19-21H,6H2,1H3. The zero-order valence-electron chi connectivity index (χ0n) is 12.8. The lowest BCUT2D eigenvalue weighted by Crippen LogP contribution is -2.60. The summed E-state index contributed by atoms with van der Waals surface area (Å²) in [6.45, 7) is 1.25. The van der Waals surface area contributed by atoms with E-state index in [-0.39, 0.29) is 5.75 Å². The van der Waals surface area contributed by atoms with Crippen LogP contribution in [0, 0.1) is 6.92 Å². The molecule has 0 saturated carbocycles. The van der Waals surface area contributed by atoms with Crippen LogP contribution in [0.3, 0.4) is 0 Å². The number of hydrogen-bond donors (Lipinski definition) is 4. The van der Waals surface area contributed by atoms with Crippen LogP contribution in [0.4, 0.5) is 0 Å². The molecule has 1 aromatic heterocycles. The van der Waals surface area contributed by atoms with Crippen LogP contribution in [-0.2, 0) is 4.74 Å². The van der Waals surface area contributed by atoms with E-state index in [1.54, 1.807) is 25.1 Å². The van der Waals surface area contributed by atoms with Gasteiger partial charge in [-0.2, -0.15) is 0 Å². The fourth-order valence-corrected chi connectivity index (χ4v) is 2.81. The molecule has 1 aliphatic rings. The van der Waals surface area contributed by atoms with Crippen molar-refractivity contribution in [3.05, 3.63) is 40.2 Å². The minimum absolute atomic E-state index is 0.133. The Labute approximate surface area is 136 Å². The van der Waals surface area contributed by atoms with Crippen LogP contribution in [0.15, 0.2) is 33.5 Å². The second-order valence-electron chi connectivity index (χ2n) is 5.69. The highest BCUT2D eigenvalue weighted by atomic mass is 16.7. The monoisotopic (exact) mass is 338 g/mol. The van der Waals surface area contributed by atoms with Gasteiger partial charge in [-0.25, -0.2) is 4.79 Å². The van der Waals surface area contributed by atoms with Crippen LogP contribution in [0.25, 0.3) is 11.0 Å². The molecule has 0 radical (unpaired) electrons. The Kier molecular flexibility index (Phi) is 4.57. The Morgan fingerprint density at radius 1 is 1.21 bits per heavy atom. The summed E-state index contributed by atoms with van der Waals surface area (Å²) in [5.74, 6) is 0.133. The fourth-order valence-electron chi connectivity index (χ4n) is 2.81. The summed E-state index contributed by atoms with van der Waals surface area (Å²) in [7, 11) is 0. The molecule has 8 nitrogen and oxygen atoms in total. The van der Waals surface area contributed by atoms with Crippen LogP contribution in [0.5, 0.6) is 5.75 Å². The maximum absolute atomic E-state index is 11.7. The first-order valence-electron chi connectivity index (χ1n) is 7.43. The molecule has 1 saturated heterocycles. The number of benzene rings is 1. The molecule has 5 unspecified atom stereocenters. The van der Waals surface area contributed by atoms with Gasteiger partial charge in [0.25, 0.3) is 0 Å². The highest BCUT2D eigenvalue weighted by Crippen LogP contribution is 2.31. The highest BCUT2D eigenvalue weighted by molar-refractivity contribution is 5.86. The summed E-state index contributed by atoms with van der Waals surface area (Å²) in [5.41, 5.74) is 0.443. The molecule has 4 N–H and O–H groups in total. The van der Waals surface area contributed by atoms with E-state index in [1.165, 1.54) is 0 Å². The van der Waals surface area contributed by atoms with Crippen molar-refractivity contribution in [1.29, 1.82) is 0 Å². The molecule has 3 rings (SSSR count). The van der Waals surface area contributed by atoms with E-state index in [2.05, 4.69) is 0 Å². The average molecular weight is 338 g/mol. The number of fused-ring (bicyclic) bond motifs is 1. The third-order valence-corrected chi connectivity index (χ3v) is 4.04. The fraction of sp³-hybridized carbons (Fsp3) is 0.438. The molecule has 1 aromatic carbocycles. The van der Waals surface area contributed by atoms with Crippen molar-refractivity contribution in [3.8, 4) is 5.75 Å². The Morgan fingerprint density at radius 3 is 2.67 bits per heavy atom. The maximum atomic E-state index is 11.7. The van der Waals surface area contributed by atoms with Crippen LogP contribution in [0.1, 0.15) is 5.56 Å². The number of ether oxygens (including phenoxy) is 2. The van der Waals surface area contributed by atoms with Crippen molar-refractivity contribution in [2.45, 2.75) is 37.6 Å². The second-order valence-corrected chi connectivity index (χ2v) is 5.69. The summed E-state index contributed by atoms with van der Waals surface area (Å²) in [4.78, 5) is 11.7. The predicted octanol–water partition coefficient (Wildman–Crippen LogP) is -0.720. The second kappa shape index (κ2) is 6.50. The lowest BCUT2D eigenvalue weighted by molar-refractivity contribution is -0.281. The van der Waals surface area contributed by atoms with Gasteiger partial charge in [-0.1, -0.05) is 12.1 Å². The Hall–Kier alpha value is -1.97. The largest absolute Gasteiger partial charge is 0.484 e. The Morgan fingerprint density at radius 2 is 1.96 bits per heavy atom. The minimum atomic E-state index is -1.64. The van der Waals surface area contributed by atoms with Gasteiger partial charge >= 0.3 is 5.63 Å². The molecular formula is C16H18O8. The third-order valence-electron chi connectivity index (χ3n) is 4.04. The number of rotatable bonds is 3. The molecule has 130 valence electrons. The molecule has 0 amide bonds. The molecule has 0 spiro atoms. The van der Waals surface area contributed by atoms with Crippen molar-refractivity contribution >= 4 is 11.0 Å². The van der Waals surface area contributed by atoms with Crippen molar-refractivity contribution in [3.63, 3.8) is 0 Å². The van der Waals surface area contributed by atoms with Gasteiger partial charge in [0.1, 0.15) is 29.6 Å². The van der Waals surface area contributed by atoms with E-state index in [0.29, 0.717) is 11.0 Å². The van der Waals surface area contributed by atoms with Gasteiger partial charge < -0.3 is 34.3 Å². The molecule has 1 fully saturated rings. The van der Waals surface area contributed by atoms with Gasteiger partial charge in [0.05, 0.1) is 18.1 Å². The quantitative estimate of drug-likeness (QED) is 0.540. The molecule has 0 bridgehead atoms. The molecule has 0 aliphatic carbocycles. The zero-order valence-corrected chi connectivity index (χ0v) is 12.8. The van der Waals surface area contributed by atoms with E-state index >= 15 is 0 Å². The van der Waals surface area contributed by atoms with Gasteiger partial charge in [-0.15, -0.1) is 0 Å². The smallest absolute Gasteiger partial charge is 0.339 e. The van der Waals surface area contributed by atoms with Crippen LogP contribution in [0.2, 0.25) is 0 Å². The molecule has 24 heavy (non-hydrogen) atoms. The number of aryl methyl sites for hydroxylation is 1. The van der Waals surface area contributed by atoms with Gasteiger partial charge in [-0.05, 0) is 18.6 Å². The number of hydrogen-bond acceptors (Lipinski definition) is 8. The predicted molar refractivity (Wildman–Crippen MR) is 81.6 cm³/mol. The molecule has 2 heterocycles. The summed E-state index contributed by atoms with van der Waals surface area (Å²) in [6, 6.07) is 6.24. The number of aliphatic hydroxyl groups excluding tert-OH is 4. The van der Waals surface area contributed by atoms with Gasteiger partial charge in [0.2, 0.25) is 0 Å². The summed E-state index contributed by atoms with van der Waals surface area (Å²) in [6.07, 6.45) is -7.03. The van der Waals surface area contributed by atoms with Crippen LogP contribution < -0.4 is 10.4 Å². The lowest BCUT2D eigenvalue weighted by atomic mass is 9.99. The van der Waals surface area contributed by atoms with Gasteiger partial charge in [0, 0.05) is 0 Å². The molecule has 8 heteroatoms. The minimum Gasteiger partial charge on any atom is -0.484 e. The first-order valence-corrected chi connectivity index (χ1v) is 7.43. The van der Waals surface area contributed by atoms with Crippen molar-refractivity contribution in [2.24, 2.45) is 0 Å². The SMILES string of the molecule is Cc1cccc2oc(=O)cc(OC3C(CO)OC(O)C(O)C3O)c12. The van der Waals surface area contributed by atoms with Crippen LogP contribution in [-0.4, -0.2) is 57.7 Å². The maximum Gasteiger partial charge on any atom is 0.339 e. The molecule has 2 aromatic rings.